The minimum atomic E-state index is 0.385. The number of hydrogen-bond acceptors (Lipinski definition) is 4. The van der Waals surface area contributed by atoms with Crippen molar-refractivity contribution in [2.75, 3.05) is 45.9 Å². The van der Waals surface area contributed by atoms with E-state index in [9.17, 15) is 0 Å². The molecule has 2 rings (SSSR count). The van der Waals surface area contributed by atoms with Crippen molar-refractivity contribution in [1.82, 2.24) is 15.1 Å². The topological polar surface area (TPSA) is 27.7 Å². The van der Waals surface area contributed by atoms with Crippen LogP contribution in [-0.4, -0.2) is 73.9 Å². The van der Waals surface area contributed by atoms with Gasteiger partial charge < -0.3 is 10.1 Å². The predicted molar refractivity (Wildman–Crippen MR) is 88.8 cm³/mol. The van der Waals surface area contributed by atoms with Gasteiger partial charge in [0.05, 0.1) is 12.7 Å². The summed E-state index contributed by atoms with van der Waals surface area (Å²) < 4.78 is 6.02. The molecule has 4 heteroatoms. The van der Waals surface area contributed by atoms with E-state index in [1.54, 1.807) is 0 Å². The van der Waals surface area contributed by atoms with Crippen LogP contribution < -0.4 is 5.32 Å². The summed E-state index contributed by atoms with van der Waals surface area (Å²) in [5.41, 5.74) is 0. The largest absolute Gasteiger partial charge is 0.374 e. The second kappa shape index (κ2) is 9.09. The van der Waals surface area contributed by atoms with Crippen LogP contribution in [0.2, 0.25) is 0 Å². The molecule has 124 valence electrons. The first kappa shape index (κ1) is 17.2. The number of morpholine rings is 1. The minimum absolute atomic E-state index is 0.385. The summed E-state index contributed by atoms with van der Waals surface area (Å²) in [6.45, 7) is 14.6. The standard InChI is InChI=1S/C17H35N3O/c1-4-9-19(12-16-7-5-6-8-18-16)13-17-14-20(15(2)3)10-11-21-17/h15-18H,4-14H2,1-3H3. The first-order valence-electron chi connectivity index (χ1n) is 9.00. The lowest BCUT2D eigenvalue weighted by atomic mass is 10.0. The smallest absolute Gasteiger partial charge is 0.0829 e. The number of hydrogen-bond donors (Lipinski definition) is 1. The molecule has 0 aromatic heterocycles. The van der Waals surface area contributed by atoms with Gasteiger partial charge in [0.25, 0.3) is 0 Å². The van der Waals surface area contributed by atoms with E-state index in [1.807, 2.05) is 0 Å². The highest BCUT2D eigenvalue weighted by molar-refractivity contribution is 4.80. The molecule has 2 unspecified atom stereocenters. The molecule has 0 aliphatic carbocycles. The van der Waals surface area contributed by atoms with E-state index in [2.05, 4.69) is 35.9 Å². The van der Waals surface area contributed by atoms with E-state index in [0.29, 0.717) is 18.2 Å². The van der Waals surface area contributed by atoms with Gasteiger partial charge in [0.2, 0.25) is 0 Å². The Kier molecular flexibility index (Phi) is 7.44. The fraction of sp³-hybridized carbons (Fsp3) is 1.00. The maximum Gasteiger partial charge on any atom is 0.0829 e. The Morgan fingerprint density at radius 2 is 2.14 bits per heavy atom. The number of nitrogens with zero attached hydrogens (tertiary/aromatic N) is 2. The molecule has 21 heavy (non-hydrogen) atoms. The number of ether oxygens (including phenoxy) is 1. The van der Waals surface area contributed by atoms with Crippen molar-refractivity contribution in [3.8, 4) is 0 Å². The fourth-order valence-corrected chi connectivity index (χ4v) is 3.57. The van der Waals surface area contributed by atoms with E-state index >= 15 is 0 Å². The zero-order valence-corrected chi connectivity index (χ0v) is 14.3. The summed E-state index contributed by atoms with van der Waals surface area (Å²) in [4.78, 5) is 5.18. The van der Waals surface area contributed by atoms with Crippen LogP contribution >= 0.6 is 0 Å². The first-order chi connectivity index (χ1) is 10.2. The van der Waals surface area contributed by atoms with Crippen LogP contribution in [0.3, 0.4) is 0 Å². The third-order valence-electron chi connectivity index (χ3n) is 4.79. The molecule has 1 N–H and O–H groups in total. The molecule has 2 heterocycles. The van der Waals surface area contributed by atoms with Gasteiger partial charge in [-0.1, -0.05) is 13.3 Å². The molecule has 0 saturated carbocycles. The van der Waals surface area contributed by atoms with E-state index in [4.69, 9.17) is 4.74 Å². The van der Waals surface area contributed by atoms with Crippen LogP contribution in [0, 0.1) is 0 Å². The van der Waals surface area contributed by atoms with Crippen LogP contribution in [0.25, 0.3) is 0 Å². The molecular weight excluding hydrogens is 262 g/mol. The monoisotopic (exact) mass is 297 g/mol. The first-order valence-corrected chi connectivity index (χ1v) is 9.00. The van der Waals surface area contributed by atoms with Gasteiger partial charge in [-0.05, 0) is 46.2 Å². The molecule has 0 aromatic carbocycles. The van der Waals surface area contributed by atoms with Gasteiger partial charge in [0, 0.05) is 38.3 Å². The highest BCUT2D eigenvalue weighted by atomic mass is 16.5. The Labute approximate surface area is 131 Å². The van der Waals surface area contributed by atoms with Gasteiger partial charge in [0.1, 0.15) is 0 Å². The van der Waals surface area contributed by atoms with Crippen LogP contribution in [-0.2, 0) is 4.74 Å². The molecule has 0 amide bonds. The SMILES string of the molecule is CCCN(CC1CCCCN1)CC1CN(C(C)C)CCO1. The third-order valence-corrected chi connectivity index (χ3v) is 4.79. The van der Waals surface area contributed by atoms with Gasteiger partial charge in [-0.2, -0.15) is 0 Å². The molecule has 2 aliphatic heterocycles. The van der Waals surface area contributed by atoms with E-state index < -0.39 is 0 Å². The Bertz CT molecular complexity index is 279. The molecule has 2 aliphatic rings. The summed E-state index contributed by atoms with van der Waals surface area (Å²) in [6.07, 6.45) is 5.69. The van der Waals surface area contributed by atoms with Crippen LogP contribution in [0.4, 0.5) is 0 Å². The average Bonchev–Trinajstić information content (AvgIpc) is 2.49. The molecule has 0 bridgehead atoms. The number of rotatable bonds is 7. The van der Waals surface area contributed by atoms with E-state index in [-0.39, 0.29) is 0 Å². The van der Waals surface area contributed by atoms with Crippen LogP contribution in [0.5, 0.6) is 0 Å². The molecule has 0 aromatic rings. The summed E-state index contributed by atoms with van der Waals surface area (Å²) in [6, 6.07) is 1.33. The normalized spacial score (nSPS) is 28.4. The summed E-state index contributed by atoms with van der Waals surface area (Å²) in [7, 11) is 0. The van der Waals surface area contributed by atoms with Crippen molar-refractivity contribution < 1.29 is 4.74 Å². The predicted octanol–water partition coefficient (Wildman–Crippen LogP) is 1.95. The summed E-state index contributed by atoms with van der Waals surface area (Å²) in [5.74, 6) is 0. The van der Waals surface area contributed by atoms with Crippen molar-refractivity contribution >= 4 is 0 Å². The Hall–Kier alpha value is -0.160. The maximum atomic E-state index is 6.02. The van der Waals surface area contributed by atoms with Crippen LogP contribution in [0.15, 0.2) is 0 Å². The fourth-order valence-electron chi connectivity index (χ4n) is 3.57. The number of piperidine rings is 1. The zero-order chi connectivity index (χ0) is 15.1. The average molecular weight is 297 g/mol. The minimum Gasteiger partial charge on any atom is -0.374 e. The Morgan fingerprint density at radius 1 is 1.29 bits per heavy atom. The van der Waals surface area contributed by atoms with Gasteiger partial charge in [-0.15, -0.1) is 0 Å². The van der Waals surface area contributed by atoms with Crippen molar-refractivity contribution in [3.05, 3.63) is 0 Å². The lowest BCUT2D eigenvalue weighted by Gasteiger charge is -2.38. The molecule has 4 nitrogen and oxygen atoms in total. The third kappa shape index (κ3) is 5.85. The van der Waals surface area contributed by atoms with Gasteiger partial charge in [-0.25, -0.2) is 0 Å². The zero-order valence-electron chi connectivity index (χ0n) is 14.3. The quantitative estimate of drug-likeness (QED) is 0.777. The van der Waals surface area contributed by atoms with Crippen molar-refractivity contribution in [2.24, 2.45) is 0 Å². The number of nitrogens with one attached hydrogen (secondary N) is 1. The lowest BCUT2D eigenvalue weighted by Crippen LogP contribution is -2.52. The summed E-state index contributed by atoms with van der Waals surface area (Å²) in [5, 5.41) is 3.68. The van der Waals surface area contributed by atoms with Gasteiger partial charge in [0.15, 0.2) is 0 Å². The second-order valence-electron chi connectivity index (χ2n) is 6.99. The van der Waals surface area contributed by atoms with Gasteiger partial charge >= 0.3 is 0 Å². The molecule has 0 radical (unpaired) electrons. The van der Waals surface area contributed by atoms with Crippen molar-refractivity contribution in [3.63, 3.8) is 0 Å². The van der Waals surface area contributed by atoms with Crippen molar-refractivity contribution in [1.29, 1.82) is 0 Å². The maximum absolute atomic E-state index is 6.02. The molecule has 0 spiro atoms. The summed E-state index contributed by atoms with van der Waals surface area (Å²) >= 11 is 0. The molecule has 2 saturated heterocycles. The van der Waals surface area contributed by atoms with Crippen LogP contribution in [0.1, 0.15) is 46.5 Å². The molecule has 2 fully saturated rings. The Morgan fingerprint density at radius 3 is 2.81 bits per heavy atom. The highest BCUT2D eigenvalue weighted by Crippen LogP contribution is 2.13. The van der Waals surface area contributed by atoms with E-state index in [0.717, 1.165) is 26.2 Å². The second-order valence-corrected chi connectivity index (χ2v) is 6.99. The Balaban J connectivity index is 1.80. The van der Waals surface area contributed by atoms with Crippen molar-refractivity contribution in [2.45, 2.75) is 64.6 Å². The molecular formula is C17H35N3O. The highest BCUT2D eigenvalue weighted by Gasteiger charge is 2.25. The molecule has 2 atom stereocenters. The lowest BCUT2D eigenvalue weighted by molar-refractivity contribution is -0.0530. The van der Waals surface area contributed by atoms with E-state index in [1.165, 1.54) is 45.3 Å². The van der Waals surface area contributed by atoms with Gasteiger partial charge in [-0.3, -0.25) is 9.80 Å².